The Hall–Kier alpha value is -2.84. The Labute approximate surface area is 179 Å². The van der Waals surface area contributed by atoms with Gasteiger partial charge in [0.25, 0.3) is 11.8 Å². The smallest absolute Gasteiger partial charge is 0.261 e. The standard InChI is InChI=1S/C21H16BrN3O3S/c22-14-8-9-15-16(11-14)21(28)25(20(15)27)10-4-7-17(26)24-19-18(23-12-29-19)13-5-2-1-3-6-13/h1-3,5-6,8-9,11-12H,4,7,10H2,(H,24,26). The molecule has 0 bridgehead atoms. The second-order valence-electron chi connectivity index (χ2n) is 6.50. The minimum atomic E-state index is -0.319. The lowest BCUT2D eigenvalue weighted by Crippen LogP contribution is -2.31. The summed E-state index contributed by atoms with van der Waals surface area (Å²) >= 11 is 4.67. The molecule has 3 amide bonds. The molecule has 0 aliphatic carbocycles. The van der Waals surface area contributed by atoms with E-state index in [4.69, 9.17) is 0 Å². The van der Waals surface area contributed by atoms with Crippen molar-refractivity contribution in [3.05, 3.63) is 69.6 Å². The molecule has 4 rings (SSSR count). The van der Waals surface area contributed by atoms with Crippen molar-refractivity contribution in [1.29, 1.82) is 0 Å². The number of carbonyl (C=O) groups is 3. The van der Waals surface area contributed by atoms with Crippen LogP contribution < -0.4 is 5.32 Å². The van der Waals surface area contributed by atoms with Gasteiger partial charge in [0.1, 0.15) is 10.7 Å². The molecule has 6 nitrogen and oxygen atoms in total. The van der Waals surface area contributed by atoms with Crippen LogP contribution in [0.1, 0.15) is 33.6 Å². The van der Waals surface area contributed by atoms with Crippen LogP contribution in [0.25, 0.3) is 11.3 Å². The maximum atomic E-state index is 12.5. The normalized spacial score (nSPS) is 12.9. The maximum absolute atomic E-state index is 12.5. The molecule has 8 heteroatoms. The Morgan fingerprint density at radius 1 is 1.07 bits per heavy atom. The number of hydrogen-bond donors (Lipinski definition) is 1. The number of hydrogen-bond acceptors (Lipinski definition) is 5. The number of anilines is 1. The predicted molar refractivity (Wildman–Crippen MR) is 115 cm³/mol. The predicted octanol–water partition coefficient (Wildman–Crippen LogP) is 4.59. The molecule has 0 fully saturated rings. The summed E-state index contributed by atoms with van der Waals surface area (Å²) in [5.41, 5.74) is 4.15. The van der Waals surface area contributed by atoms with Gasteiger partial charge in [-0.05, 0) is 24.6 Å². The van der Waals surface area contributed by atoms with Crippen molar-refractivity contribution in [2.45, 2.75) is 12.8 Å². The van der Waals surface area contributed by atoms with E-state index in [0.29, 0.717) is 22.5 Å². The Morgan fingerprint density at radius 3 is 2.62 bits per heavy atom. The number of halogens is 1. The van der Waals surface area contributed by atoms with Gasteiger partial charge in [-0.15, -0.1) is 11.3 Å². The SMILES string of the molecule is O=C(CCCN1C(=O)c2ccc(Br)cc2C1=O)Nc1scnc1-c1ccccc1. The molecule has 3 aromatic rings. The molecular weight excluding hydrogens is 454 g/mol. The molecule has 0 spiro atoms. The molecule has 0 unspecified atom stereocenters. The second kappa shape index (κ2) is 8.26. The summed E-state index contributed by atoms with van der Waals surface area (Å²) in [5, 5.41) is 3.57. The zero-order valence-corrected chi connectivity index (χ0v) is 17.6. The van der Waals surface area contributed by atoms with E-state index in [9.17, 15) is 14.4 Å². The van der Waals surface area contributed by atoms with E-state index in [0.717, 1.165) is 15.7 Å². The number of benzene rings is 2. The van der Waals surface area contributed by atoms with E-state index < -0.39 is 0 Å². The van der Waals surface area contributed by atoms with Gasteiger partial charge in [-0.2, -0.15) is 0 Å². The number of thiazole rings is 1. The van der Waals surface area contributed by atoms with E-state index in [1.807, 2.05) is 30.3 Å². The number of aromatic nitrogens is 1. The monoisotopic (exact) mass is 469 g/mol. The fourth-order valence-corrected chi connectivity index (χ4v) is 4.27. The molecule has 2 aromatic carbocycles. The van der Waals surface area contributed by atoms with Crippen LogP contribution in [-0.2, 0) is 4.79 Å². The highest BCUT2D eigenvalue weighted by Gasteiger charge is 2.35. The van der Waals surface area contributed by atoms with Crippen molar-refractivity contribution in [2.24, 2.45) is 0 Å². The van der Waals surface area contributed by atoms with Crippen molar-refractivity contribution < 1.29 is 14.4 Å². The third-order valence-electron chi connectivity index (χ3n) is 4.59. The van der Waals surface area contributed by atoms with Crippen molar-refractivity contribution >= 4 is 50.0 Å². The van der Waals surface area contributed by atoms with E-state index in [-0.39, 0.29) is 30.7 Å². The van der Waals surface area contributed by atoms with Crippen molar-refractivity contribution in [3.8, 4) is 11.3 Å². The first-order chi connectivity index (χ1) is 14.0. The van der Waals surface area contributed by atoms with Crippen molar-refractivity contribution in [2.75, 3.05) is 11.9 Å². The molecule has 2 heterocycles. The Morgan fingerprint density at radius 2 is 1.83 bits per heavy atom. The lowest BCUT2D eigenvalue weighted by molar-refractivity contribution is -0.116. The lowest BCUT2D eigenvalue weighted by atomic mass is 10.1. The van der Waals surface area contributed by atoms with Crippen LogP contribution in [0.2, 0.25) is 0 Å². The second-order valence-corrected chi connectivity index (χ2v) is 8.27. The highest BCUT2D eigenvalue weighted by molar-refractivity contribution is 9.10. The van der Waals surface area contributed by atoms with Gasteiger partial charge >= 0.3 is 0 Å². The first-order valence-electron chi connectivity index (χ1n) is 8.99. The Kier molecular flexibility index (Phi) is 5.55. The molecule has 1 aliphatic heterocycles. The van der Waals surface area contributed by atoms with E-state index in [2.05, 4.69) is 26.2 Å². The average Bonchev–Trinajstić information content (AvgIpc) is 3.27. The molecule has 0 radical (unpaired) electrons. The van der Waals surface area contributed by atoms with E-state index in [1.165, 1.54) is 16.2 Å². The first kappa shape index (κ1) is 19.5. The summed E-state index contributed by atoms with van der Waals surface area (Å²) in [4.78, 5) is 42.8. The first-order valence-corrected chi connectivity index (χ1v) is 10.7. The minimum Gasteiger partial charge on any atom is -0.316 e. The molecule has 0 saturated carbocycles. The number of nitrogens with zero attached hydrogens (tertiary/aromatic N) is 2. The number of fused-ring (bicyclic) bond motifs is 1. The molecule has 1 aliphatic rings. The third-order valence-corrected chi connectivity index (χ3v) is 5.82. The number of amides is 3. The lowest BCUT2D eigenvalue weighted by Gasteiger charge is -2.13. The fraction of sp³-hybridized carbons (Fsp3) is 0.143. The fourth-order valence-electron chi connectivity index (χ4n) is 3.19. The van der Waals surface area contributed by atoms with Gasteiger partial charge in [0.2, 0.25) is 5.91 Å². The number of rotatable bonds is 6. The van der Waals surface area contributed by atoms with Gasteiger partial charge in [0.15, 0.2) is 0 Å². The Bertz CT molecular complexity index is 1100. The zero-order valence-electron chi connectivity index (χ0n) is 15.2. The quantitative estimate of drug-likeness (QED) is 0.535. The molecule has 1 N–H and O–H groups in total. The van der Waals surface area contributed by atoms with E-state index >= 15 is 0 Å². The summed E-state index contributed by atoms with van der Waals surface area (Å²) in [6.07, 6.45) is 0.584. The summed E-state index contributed by atoms with van der Waals surface area (Å²) < 4.78 is 0.748. The summed E-state index contributed by atoms with van der Waals surface area (Å²) in [7, 11) is 0. The van der Waals surface area contributed by atoms with Gasteiger partial charge in [-0.25, -0.2) is 4.98 Å². The largest absolute Gasteiger partial charge is 0.316 e. The van der Waals surface area contributed by atoms with Crippen LogP contribution in [0.5, 0.6) is 0 Å². The highest BCUT2D eigenvalue weighted by Crippen LogP contribution is 2.30. The maximum Gasteiger partial charge on any atom is 0.261 e. The molecule has 0 saturated heterocycles. The highest BCUT2D eigenvalue weighted by atomic mass is 79.9. The van der Waals surface area contributed by atoms with Gasteiger partial charge in [0.05, 0.1) is 16.6 Å². The number of carbonyl (C=O) groups excluding carboxylic acids is 3. The van der Waals surface area contributed by atoms with Crippen molar-refractivity contribution in [1.82, 2.24) is 9.88 Å². The van der Waals surface area contributed by atoms with Gasteiger partial charge in [0, 0.05) is 23.0 Å². The molecule has 0 atom stereocenters. The topological polar surface area (TPSA) is 79.4 Å². The summed E-state index contributed by atoms with van der Waals surface area (Å²) in [6, 6.07) is 14.7. The number of nitrogens with one attached hydrogen (secondary N) is 1. The summed E-state index contributed by atoms with van der Waals surface area (Å²) in [6.45, 7) is 0.200. The third kappa shape index (κ3) is 3.99. The molecule has 29 heavy (non-hydrogen) atoms. The van der Waals surface area contributed by atoms with E-state index in [1.54, 1.807) is 23.7 Å². The minimum absolute atomic E-state index is 0.175. The van der Waals surface area contributed by atoms with Crippen LogP contribution in [0, 0.1) is 0 Å². The Balaban J connectivity index is 1.34. The van der Waals surface area contributed by atoms with Crippen LogP contribution in [0.15, 0.2) is 58.5 Å². The molecular formula is C21H16BrN3O3S. The van der Waals surface area contributed by atoms with Crippen LogP contribution in [0.3, 0.4) is 0 Å². The van der Waals surface area contributed by atoms with Gasteiger partial charge < -0.3 is 5.32 Å². The summed E-state index contributed by atoms with van der Waals surface area (Å²) in [5.74, 6) is -0.807. The van der Waals surface area contributed by atoms with Crippen molar-refractivity contribution in [3.63, 3.8) is 0 Å². The van der Waals surface area contributed by atoms with Crippen LogP contribution >= 0.6 is 27.3 Å². The van der Waals surface area contributed by atoms with Gasteiger partial charge in [-0.3, -0.25) is 19.3 Å². The zero-order chi connectivity index (χ0) is 20.4. The molecule has 146 valence electrons. The number of imide groups is 1. The van der Waals surface area contributed by atoms with Crippen LogP contribution in [0.4, 0.5) is 5.00 Å². The molecule has 1 aromatic heterocycles. The van der Waals surface area contributed by atoms with Crippen LogP contribution in [-0.4, -0.2) is 34.2 Å². The average molecular weight is 470 g/mol. The van der Waals surface area contributed by atoms with Gasteiger partial charge in [-0.1, -0.05) is 46.3 Å².